The molecule has 15 heavy (non-hydrogen) atoms. The number of nitrogens with zero attached hydrogens (tertiary/aromatic N) is 2. The van der Waals surface area contributed by atoms with Crippen molar-refractivity contribution >= 4 is 0 Å². The predicted octanol–water partition coefficient (Wildman–Crippen LogP) is 2.15. The maximum absolute atomic E-state index is 4.04. The number of hydrogen-bond acceptors (Lipinski definition) is 2. The second-order valence-electron chi connectivity index (χ2n) is 4.54. The van der Waals surface area contributed by atoms with Crippen LogP contribution in [-0.4, -0.2) is 22.6 Å². The molecule has 3 heteroatoms. The lowest BCUT2D eigenvalue weighted by molar-refractivity contribution is 0.415. The molecule has 0 aliphatic rings. The van der Waals surface area contributed by atoms with Gasteiger partial charge >= 0.3 is 0 Å². The summed E-state index contributed by atoms with van der Waals surface area (Å²) < 4.78 is 2.13. The molecular formula is C12H23N3. The highest BCUT2D eigenvalue weighted by molar-refractivity contribution is 4.75. The Balaban J connectivity index is 2.11. The fourth-order valence-corrected chi connectivity index (χ4v) is 1.54. The van der Waals surface area contributed by atoms with Crippen molar-refractivity contribution in [2.75, 3.05) is 13.1 Å². The van der Waals surface area contributed by atoms with Gasteiger partial charge in [0, 0.05) is 18.9 Å². The third-order valence-electron chi connectivity index (χ3n) is 2.76. The Morgan fingerprint density at radius 2 is 2.00 bits per heavy atom. The van der Waals surface area contributed by atoms with E-state index in [4.69, 9.17) is 0 Å². The van der Waals surface area contributed by atoms with Gasteiger partial charge in [0.2, 0.25) is 0 Å². The second kappa shape index (κ2) is 6.62. The second-order valence-corrected chi connectivity index (χ2v) is 4.54. The van der Waals surface area contributed by atoms with Crippen molar-refractivity contribution in [3.63, 3.8) is 0 Å². The molecule has 3 nitrogen and oxygen atoms in total. The van der Waals surface area contributed by atoms with E-state index in [9.17, 15) is 0 Å². The van der Waals surface area contributed by atoms with Crippen molar-refractivity contribution in [2.45, 2.75) is 33.7 Å². The van der Waals surface area contributed by atoms with Crippen molar-refractivity contribution in [2.24, 2.45) is 11.8 Å². The molecule has 86 valence electrons. The first-order valence-electron chi connectivity index (χ1n) is 5.88. The number of rotatable bonds is 7. The van der Waals surface area contributed by atoms with Gasteiger partial charge in [-0.25, -0.2) is 4.98 Å². The van der Waals surface area contributed by atoms with E-state index in [1.165, 1.54) is 6.42 Å². The summed E-state index contributed by atoms with van der Waals surface area (Å²) in [6, 6.07) is 0. The molecule has 0 spiro atoms. The van der Waals surface area contributed by atoms with E-state index in [-0.39, 0.29) is 0 Å². The molecule has 1 N–H and O–H groups in total. The molecule has 0 aliphatic heterocycles. The van der Waals surface area contributed by atoms with Crippen LogP contribution >= 0.6 is 0 Å². The van der Waals surface area contributed by atoms with Gasteiger partial charge in [-0.3, -0.25) is 0 Å². The summed E-state index contributed by atoms with van der Waals surface area (Å²) >= 11 is 0. The maximum atomic E-state index is 4.04. The molecule has 1 aromatic rings. The van der Waals surface area contributed by atoms with Gasteiger partial charge in [0.05, 0.1) is 6.33 Å². The quantitative estimate of drug-likeness (QED) is 0.745. The Labute approximate surface area is 92.9 Å². The van der Waals surface area contributed by atoms with Gasteiger partial charge < -0.3 is 9.88 Å². The molecule has 0 bridgehead atoms. The van der Waals surface area contributed by atoms with Gasteiger partial charge in [-0.2, -0.15) is 0 Å². The Morgan fingerprint density at radius 1 is 1.27 bits per heavy atom. The summed E-state index contributed by atoms with van der Waals surface area (Å²) in [6.07, 6.45) is 6.98. The van der Waals surface area contributed by atoms with Crippen molar-refractivity contribution in [3.8, 4) is 0 Å². The molecule has 0 aromatic carbocycles. The van der Waals surface area contributed by atoms with Crippen LogP contribution in [0.3, 0.4) is 0 Å². The van der Waals surface area contributed by atoms with Crippen LogP contribution in [0.2, 0.25) is 0 Å². The van der Waals surface area contributed by atoms with E-state index in [0.717, 1.165) is 25.6 Å². The molecule has 0 fully saturated rings. The normalized spacial score (nSPS) is 15.1. The number of hydrogen-bond donors (Lipinski definition) is 1. The fraction of sp³-hybridized carbons (Fsp3) is 0.750. The molecule has 2 unspecified atom stereocenters. The van der Waals surface area contributed by atoms with E-state index in [1.54, 1.807) is 0 Å². The zero-order valence-corrected chi connectivity index (χ0v) is 10.1. The summed E-state index contributed by atoms with van der Waals surface area (Å²) in [5.74, 6) is 1.44. The Morgan fingerprint density at radius 3 is 2.60 bits per heavy atom. The van der Waals surface area contributed by atoms with Crippen LogP contribution in [0.25, 0.3) is 0 Å². The first kappa shape index (κ1) is 12.2. The number of nitrogens with one attached hydrogen (secondary N) is 1. The summed E-state index contributed by atoms with van der Waals surface area (Å²) in [6.45, 7) is 10.1. The summed E-state index contributed by atoms with van der Waals surface area (Å²) in [7, 11) is 0. The van der Waals surface area contributed by atoms with Gasteiger partial charge in [-0.05, 0) is 24.9 Å². The summed E-state index contributed by atoms with van der Waals surface area (Å²) in [5, 5.41) is 3.51. The van der Waals surface area contributed by atoms with Crippen molar-refractivity contribution in [3.05, 3.63) is 18.7 Å². The van der Waals surface area contributed by atoms with Crippen LogP contribution in [-0.2, 0) is 6.54 Å². The molecule has 2 atom stereocenters. The van der Waals surface area contributed by atoms with Gasteiger partial charge in [-0.15, -0.1) is 0 Å². The monoisotopic (exact) mass is 209 g/mol. The number of aromatic nitrogens is 2. The lowest BCUT2D eigenvalue weighted by Gasteiger charge is -2.15. The SMILES string of the molecule is CCC(C)CNCC(C)Cn1ccnc1. The van der Waals surface area contributed by atoms with Crippen LogP contribution in [0.4, 0.5) is 0 Å². The van der Waals surface area contributed by atoms with Crippen LogP contribution in [0, 0.1) is 11.8 Å². The minimum atomic E-state index is 0.656. The van der Waals surface area contributed by atoms with Crippen molar-refractivity contribution < 1.29 is 0 Å². The predicted molar refractivity (Wildman–Crippen MR) is 63.7 cm³/mol. The Hall–Kier alpha value is -0.830. The molecule has 1 rings (SSSR count). The average molecular weight is 209 g/mol. The standard InChI is InChI=1S/C12H23N3/c1-4-11(2)7-14-8-12(3)9-15-6-5-13-10-15/h5-6,10-12,14H,4,7-9H2,1-3H3. The first-order valence-corrected chi connectivity index (χ1v) is 5.88. The Kier molecular flexibility index (Phi) is 5.40. The molecule has 0 amide bonds. The van der Waals surface area contributed by atoms with Gasteiger partial charge in [0.15, 0.2) is 0 Å². The Bertz CT molecular complexity index is 243. The molecule has 0 radical (unpaired) electrons. The average Bonchev–Trinajstić information content (AvgIpc) is 2.70. The first-order chi connectivity index (χ1) is 7.22. The molecule has 1 aromatic heterocycles. The van der Waals surface area contributed by atoms with E-state index in [1.807, 2.05) is 18.7 Å². The molecule has 0 saturated carbocycles. The lowest BCUT2D eigenvalue weighted by Crippen LogP contribution is -2.27. The minimum Gasteiger partial charge on any atom is -0.337 e. The van der Waals surface area contributed by atoms with Gasteiger partial charge in [0.25, 0.3) is 0 Å². The van der Waals surface area contributed by atoms with Crippen LogP contribution in [0.15, 0.2) is 18.7 Å². The van der Waals surface area contributed by atoms with E-state index in [0.29, 0.717) is 5.92 Å². The molecular weight excluding hydrogens is 186 g/mol. The molecule has 0 saturated heterocycles. The van der Waals surface area contributed by atoms with Crippen molar-refractivity contribution in [1.82, 2.24) is 14.9 Å². The van der Waals surface area contributed by atoms with Gasteiger partial charge in [-0.1, -0.05) is 27.2 Å². The van der Waals surface area contributed by atoms with E-state index in [2.05, 4.69) is 35.6 Å². The number of imidazole rings is 1. The maximum Gasteiger partial charge on any atom is 0.0946 e. The molecule has 1 heterocycles. The van der Waals surface area contributed by atoms with Crippen LogP contribution in [0.1, 0.15) is 27.2 Å². The highest BCUT2D eigenvalue weighted by Crippen LogP contribution is 2.01. The van der Waals surface area contributed by atoms with Crippen LogP contribution < -0.4 is 5.32 Å². The smallest absolute Gasteiger partial charge is 0.0946 e. The fourth-order valence-electron chi connectivity index (χ4n) is 1.54. The summed E-state index contributed by atoms with van der Waals surface area (Å²) in [4.78, 5) is 4.04. The molecule has 0 aliphatic carbocycles. The topological polar surface area (TPSA) is 29.9 Å². The third-order valence-corrected chi connectivity index (χ3v) is 2.76. The highest BCUT2D eigenvalue weighted by Gasteiger charge is 2.03. The lowest BCUT2D eigenvalue weighted by atomic mass is 10.1. The van der Waals surface area contributed by atoms with E-state index < -0.39 is 0 Å². The van der Waals surface area contributed by atoms with Gasteiger partial charge in [0.1, 0.15) is 0 Å². The zero-order chi connectivity index (χ0) is 11.1. The zero-order valence-electron chi connectivity index (χ0n) is 10.1. The van der Waals surface area contributed by atoms with Crippen LogP contribution in [0.5, 0.6) is 0 Å². The summed E-state index contributed by atoms with van der Waals surface area (Å²) in [5.41, 5.74) is 0. The third kappa shape index (κ3) is 4.98. The largest absolute Gasteiger partial charge is 0.337 e. The highest BCUT2D eigenvalue weighted by atomic mass is 15.0. The van der Waals surface area contributed by atoms with E-state index >= 15 is 0 Å². The van der Waals surface area contributed by atoms with Crippen molar-refractivity contribution in [1.29, 1.82) is 0 Å². The minimum absolute atomic E-state index is 0.656.